The molecule has 2 spiro atoms. The molecule has 6 heteroatoms. The summed E-state index contributed by atoms with van der Waals surface area (Å²) in [6, 6.07) is 10.1. The predicted molar refractivity (Wildman–Crippen MR) is 112 cm³/mol. The normalized spacial score (nSPS) is 40.7. The number of hydrogen-bond donors (Lipinski definition) is 1. The van der Waals surface area contributed by atoms with Crippen molar-refractivity contribution in [1.82, 2.24) is 0 Å². The molecular weight excluding hydrogens is 396 g/mol. The summed E-state index contributed by atoms with van der Waals surface area (Å²) >= 11 is 0. The summed E-state index contributed by atoms with van der Waals surface area (Å²) in [7, 11) is 0. The first-order chi connectivity index (χ1) is 15.2. The summed E-state index contributed by atoms with van der Waals surface area (Å²) in [5, 5.41) is 11.4. The Hall–Kier alpha value is -1.02. The van der Waals surface area contributed by atoms with E-state index in [-0.39, 0.29) is 18.3 Å². The Morgan fingerprint density at radius 1 is 0.710 bits per heavy atom. The third kappa shape index (κ3) is 3.65. The zero-order valence-electron chi connectivity index (χ0n) is 18.1. The van der Waals surface area contributed by atoms with Crippen LogP contribution in [0, 0.1) is 0 Å². The molecule has 31 heavy (non-hydrogen) atoms. The van der Waals surface area contributed by atoms with E-state index in [0.717, 1.165) is 56.9 Å². The first kappa shape index (κ1) is 20.6. The number of aliphatic hydroxyl groups excluding tert-OH is 1. The predicted octanol–water partition coefficient (Wildman–Crippen LogP) is 3.84. The van der Waals surface area contributed by atoms with Gasteiger partial charge in [0.25, 0.3) is 0 Å². The van der Waals surface area contributed by atoms with Crippen molar-refractivity contribution in [2.45, 2.75) is 119 Å². The Kier molecular flexibility index (Phi) is 5.37. The van der Waals surface area contributed by atoms with E-state index in [1.54, 1.807) is 0 Å². The van der Waals surface area contributed by atoms with E-state index in [2.05, 4.69) is 0 Å². The van der Waals surface area contributed by atoms with Crippen LogP contribution in [0.2, 0.25) is 0 Å². The molecule has 170 valence electrons. The molecule has 5 fully saturated rings. The van der Waals surface area contributed by atoms with Gasteiger partial charge in [0.2, 0.25) is 0 Å². The Labute approximate surface area is 184 Å². The quantitative estimate of drug-likeness (QED) is 0.786. The Morgan fingerprint density at radius 3 is 1.84 bits per heavy atom. The lowest BCUT2D eigenvalue weighted by atomic mass is 9.85. The molecule has 6 atom stereocenters. The summed E-state index contributed by atoms with van der Waals surface area (Å²) in [6.07, 6.45) is 7.70. The molecule has 6 nitrogen and oxygen atoms in total. The van der Waals surface area contributed by atoms with E-state index in [1.807, 2.05) is 30.3 Å². The fourth-order valence-corrected chi connectivity index (χ4v) is 6.34. The Bertz CT molecular complexity index is 757. The van der Waals surface area contributed by atoms with Gasteiger partial charge >= 0.3 is 0 Å². The average molecular weight is 431 g/mol. The summed E-state index contributed by atoms with van der Waals surface area (Å²) in [5.74, 6) is -1.15. The van der Waals surface area contributed by atoms with Crippen molar-refractivity contribution in [3.05, 3.63) is 35.9 Å². The maximum absolute atomic E-state index is 11.4. The monoisotopic (exact) mass is 430 g/mol. The van der Waals surface area contributed by atoms with Gasteiger partial charge in [-0.25, -0.2) is 0 Å². The number of rotatable bonds is 3. The van der Waals surface area contributed by atoms with E-state index in [9.17, 15) is 5.11 Å². The van der Waals surface area contributed by atoms with Crippen molar-refractivity contribution in [3.63, 3.8) is 0 Å². The van der Waals surface area contributed by atoms with Gasteiger partial charge in [0.15, 0.2) is 11.6 Å². The van der Waals surface area contributed by atoms with Crippen LogP contribution in [0.15, 0.2) is 30.3 Å². The molecule has 2 saturated heterocycles. The van der Waals surface area contributed by atoms with Gasteiger partial charge in [-0.05, 0) is 31.2 Å². The van der Waals surface area contributed by atoms with Crippen LogP contribution in [0.3, 0.4) is 0 Å². The van der Waals surface area contributed by atoms with E-state index in [4.69, 9.17) is 23.7 Å². The standard InChI is InChI=1S/C25H34O6/c26-18-19(27-16-17-10-4-1-5-11-17)21-23(31-25(29-21)14-8-3-9-15-25)22-20(18)28-24(30-22)12-6-2-7-13-24/h1,4-5,10-11,18-23,26H,2-3,6-9,12-16H2/t18?,19-,20?,21?,22-,23+/m1/s1. The third-order valence-electron chi connectivity index (χ3n) is 7.89. The van der Waals surface area contributed by atoms with Crippen molar-refractivity contribution < 1.29 is 28.8 Å². The van der Waals surface area contributed by atoms with Crippen LogP contribution < -0.4 is 0 Å². The van der Waals surface area contributed by atoms with E-state index >= 15 is 0 Å². The van der Waals surface area contributed by atoms with Crippen LogP contribution >= 0.6 is 0 Å². The first-order valence-electron chi connectivity index (χ1n) is 12.2. The SMILES string of the molecule is OC1C2OC3(CCCCC3)O[C@H]2[C@H]2OC3(CCCCC3)OC2[C@@H]1OCc1ccccc1. The molecule has 6 rings (SSSR count). The van der Waals surface area contributed by atoms with Crippen LogP contribution in [-0.2, 0) is 30.3 Å². The fourth-order valence-electron chi connectivity index (χ4n) is 6.34. The molecule has 3 unspecified atom stereocenters. The molecule has 0 bridgehead atoms. The summed E-state index contributed by atoms with van der Waals surface area (Å²) < 4.78 is 32.6. The van der Waals surface area contributed by atoms with Crippen LogP contribution in [0.25, 0.3) is 0 Å². The first-order valence-corrected chi connectivity index (χ1v) is 12.2. The highest BCUT2D eigenvalue weighted by molar-refractivity contribution is 5.14. The lowest BCUT2D eigenvalue weighted by molar-refractivity contribution is -0.227. The molecule has 5 aliphatic rings. The molecule has 1 N–H and O–H groups in total. The van der Waals surface area contributed by atoms with Gasteiger partial charge in [-0.2, -0.15) is 0 Å². The second-order valence-electron chi connectivity index (χ2n) is 10.0. The maximum atomic E-state index is 11.4. The summed E-state index contributed by atoms with van der Waals surface area (Å²) in [5.41, 5.74) is 1.08. The van der Waals surface area contributed by atoms with Gasteiger partial charge in [0.1, 0.15) is 36.6 Å². The van der Waals surface area contributed by atoms with Crippen LogP contribution in [-0.4, -0.2) is 53.3 Å². The Balaban J connectivity index is 1.28. The van der Waals surface area contributed by atoms with Crippen LogP contribution in [0.1, 0.15) is 69.8 Å². The lowest BCUT2D eigenvalue weighted by Crippen LogP contribution is -2.62. The molecule has 1 aromatic rings. The lowest BCUT2D eigenvalue weighted by Gasteiger charge is -2.40. The second kappa shape index (κ2) is 8.08. The molecule has 0 radical (unpaired) electrons. The molecule has 2 aliphatic heterocycles. The second-order valence-corrected chi connectivity index (χ2v) is 10.0. The molecule has 0 aromatic heterocycles. The molecular formula is C25H34O6. The smallest absolute Gasteiger partial charge is 0.169 e. The van der Waals surface area contributed by atoms with Gasteiger partial charge in [0.05, 0.1) is 6.61 Å². The van der Waals surface area contributed by atoms with Crippen LogP contribution in [0.5, 0.6) is 0 Å². The van der Waals surface area contributed by atoms with Crippen molar-refractivity contribution in [2.75, 3.05) is 0 Å². The van der Waals surface area contributed by atoms with Crippen molar-refractivity contribution in [1.29, 1.82) is 0 Å². The highest BCUT2D eigenvalue weighted by Crippen LogP contribution is 2.51. The number of ether oxygens (including phenoxy) is 5. The molecule has 2 heterocycles. The van der Waals surface area contributed by atoms with Gasteiger partial charge < -0.3 is 28.8 Å². The zero-order valence-corrected chi connectivity index (χ0v) is 18.1. The van der Waals surface area contributed by atoms with E-state index < -0.39 is 29.9 Å². The minimum absolute atomic E-state index is 0.270. The molecule has 3 aliphatic carbocycles. The molecule has 0 amide bonds. The fraction of sp³-hybridized carbons (Fsp3) is 0.760. The number of aliphatic hydroxyl groups is 1. The number of fused-ring (bicyclic) bond motifs is 3. The molecule has 1 aromatic carbocycles. The van der Waals surface area contributed by atoms with Gasteiger partial charge in [-0.1, -0.05) is 43.2 Å². The average Bonchev–Trinajstić information content (AvgIpc) is 3.34. The van der Waals surface area contributed by atoms with Gasteiger partial charge in [-0.3, -0.25) is 0 Å². The van der Waals surface area contributed by atoms with Crippen molar-refractivity contribution in [3.8, 4) is 0 Å². The van der Waals surface area contributed by atoms with Crippen molar-refractivity contribution in [2.24, 2.45) is 0 Å². The van der Waals surface area contributed by atoms with Crippen molar-refractivity contribution >= 4 is 0 Å². The minimum Gasteiger partial charge on any atom is -0.387 e. The third-order valence-corrected chi connectivity index (χ3v) is 7.89. The zero-order chi connectivity index (χ0) is 20.9. The van der Waals surface area contributed by atoms with E-state index in [0.29, 0.717) is 6.61 Å². The highest BCUT2D eigenvalue weighted by Gasteiger charge is 2.66. The van der Waals surface area contributed by atoms with Crippen LogP contribution in [0.4, 0.5) is 0 Å². The van der Waals surface area contributed by atoms with Gasteiger partial charge in [0, 0.05) is 25.7 Å². The maximum Gasteiger partial charge on any atom is 0.169 e. The number of benzene rings is 1. The minimum atomic E-state index is -0.807. The Morgan fingerprint density at radius 2 is 1.23 bits per heavy atom. The summed E-state index contributed by atoms with van der Waals surface area (Å²) in [4.78, 5) is 0. The number of hydrogen-bond acceptors (Lipinski definition) is 6. The largest absolute Gasteiger partial charge is 0.387 e. The summed E-state index contributed by atoms with van der Waals surface area (Å²) in [6.45, 7) is 0.422. The molecule has 3 saturated carbocycles. The topological polar surface area (TPSA) is 66.4 Å². The highest BCUT2D eigenvalue weighted by atomic mass is 16.8. The van der Waals surface area contributed by atoms with E-state index in [1.165, 1.54) is 12.8 Å². The van der Waals surface area contributed by atoms with Gasteiger partial charge in [-0.15, -0.1) is 0 Å².